The van der Waals surface area contributed by atoms with Crippen LogP contribution in [0.2, 0.25) is 0 Å². The van der Waals surface area contributed by atoms with Gasteiger partial charge in [-0.15, -0.1) is 0 Å². The Bertz CT molecular complexity index is 731. The minimum Gasteiger partial charge on any atom is -0.481 e. The van der Waals surface area contributed by atoms with Gasteiger partial charge in [0.1, 0.15) is 0 Å². The monoisotopic (exact) mass is 355 g/mol. The molecule has 0 amide bonds. The predicted octanol–water partition coefficient (Wildman–Crippen LogP) is 4.26. The molecule has 5 heteroatoms. The third-order valence-corrected chi connectivity index (χ3v) is 5.41. The summed E-state index contributed by atoms with van der Waals surface area (Å²) in [6.07, 6.45) is 7.51. The van der Waals surface area contributed by atoms with Crippen molar-refractivity contribution in [2.45, 2.75) is 58.5 Å². The smallest absolute Gasteiger partial charge is 0.309 e. The van der Waals surface area contributed by atoms with Crippen molar-refractivity contribution in [3.8, 4) is 11.3 Å². The highest BCUT2D eigenvalue weighted by Gasteiger charge is 2.26. The minimum atomic E-state index is -0.752. The molecule has 1 aromatic carbocycles. The molecule has 0 unspecified atom stereocenters. The topological polar surface area (TPSA) is 67.2 Å². The first kappa shape index (κ1) is 18.6. The van der Waals surface area contributed by atoms with Gasteiger partial charge in [0.25, 0.3) is 0 Å². The summed E-state index contributed by atoms with van der Waals surface area (Å²) in [4.78, 5) is 11.2. The quantitative estimate of drug-likeness (QED) is 0.695. The summed E-state index contributed by atoms with van der Waals surface area (Å²) < 4.78 is 2.21. The molecule has 1 saturated carbocycles. The van der Waals surface area contributed by atoms with E-state index in [1.165, 1.54) is 42.5 Å². The van der Waals surface area contributed by atoms with E-state index in [-0.39, 0.29) is 0 Å². The molecule has 0 atom stereocenters. The van der Waals surface area contributed by atoms with Gasteiger partial charge in [-0.05, 0) is 39.7 Å². The summed E-state index contributed by atoms with van der Waals surface area (Å²) in [6.45, 7) is 4.91. The molecule has 0 radical (unpaired) electrons. The number of rotatable bonds is 8. The van der Waals surface area contributed by atoms with Gasteiger partial charge < -0.3 is 10.4 Å². The molecule has 0 aliphatic heterocycles. The molecule has 1 heterocycles. The molecule has 3 rings (SSSR count). The van der Waals surface area contributed by atoms with Crippen LogP contribution in [0.15, 0.2) is 36.5 Å². The Balaban J connectivity index is 1.74. The van der Waals surface area contributed by atoms with Crippen LogP contribution < -0.4 is 5.32 Å². The summed E-state index contributed by atoms with van der Waals surface area (Å²) in [6, 6.07) is 10.9. The van der Waals surface area contributed by atoms with Crippen molar-refractivity contribution < 1.29 is 9.90 Å². The molecule has 1 fully saturated rings. The number of hydrogen-bond donors (Lipinski definition) is 2. The first-order valence-corrected chi connectivity index (χ1v) is 9.55. The van der Waals surface area contributed by atoms with Crippen LogP contribution in [0.4, 0.5) is 0 Å². The normalized spacial score (nSPS) is 15.5. The van der Waals surface area contributed by atoms with Crippen LogP contribution in [0.5, 0.6) is 0 Å². The van der Waals surface area contributed by atoms with Crippen LogP contribution >= 0.6 is 0 Å². The number of aliphatic carboxylic acids is 1. The maximum absolute atomic E-state index is 11.2. The Labute approximate surface area is 155 Å². The molecular weight excluding hydrogens is 326 g/mol. The van der Waals surface area contributed by atoms with Crippen molar-refractivity contribution in [1.82, 2.24) is 15.1 Å². The van der Waals surface area contributed by atoms with E-state index in [0.717, 1.165) is 0 Å². The van der Waals surface area contributed by atoms with Gasteiger partial charge >= 0.3 is 5.97 Å². The van der Waals surface area contributed by atoms with Crippen molar-refractivity contribution in [3.63, 3.8) is 0 Å². The van der Waals surface area contributed by atoms with E-state index in [2.05, 4.69) is 34.3 Å². The van der Waals surface area contributed by atoms with E-state index in [0.29, 0.717) is 25.6 Å². The summed E-state index contributed by atoms with van der Waals surface area (Å²) in [7, 11) is 0. The molecule has 140 valence electrons. The Hall–Kier alpha value is -2.14. The number of aromatic nitrogens is 2. The van der Waals surface area contributed by atoms with Gasteiger partial charge in [-0.25, -0.2) is 0 Å². The van der Waals surface area contributed by atoms with Crippen LogP contribution in [0.1, 0.15) is 57.6 Å². The molecule has 26 heavy (non-hydrogen) atoms. The van der Waals surface area contributed by atoms with E-state index < -0.39 is 11.4 Å². The van der Waals surface area contributed by atoms with E-state index >= 15 is 0 Å². The summed E-state index contributed by atoms with van der Waals surface area (Å²) in [5.74, 6) is -0.752. The highest BCUT2D eigenvalue weighted by molar-refractivity contribution is 5.73. The molecule has 0 bridgehead atoms. The van der Waals surface area contributed by atoms with Crippen LogP contribution in [-0.2, 0) is 11.3 Å². The highest BCUT2D eigenvalue weighted by atomic mass is 16.4. The molecule has 5 nitrogen and oxygen atoms in total. The number of nitrogens with zero attached hydrogens (tertiary/aromatic N) is 2. The maximum Gasteiger partial charge on any atom is 0.309 e. The zero-order valence-electron chi connectivity index (χ0n) is 15.7. The largest absolute Gasteiger partial charge is 0.481 e. The van der Waals surface area contributed by atoms with Gasteiger partial charge in [-0.3, -0.25) is 9.48 Å². The van der Waals surface area contributed by atoms with Gasteiger partial charge in [0.05, 0.1) is 23.3 Å². The molecule has 2 N–H and O–H groups in total. The van der Waals surface area contributed by atoms with Crippen LogP contribution in [0.25, 0.3) is 11.3 Å². The molecule has 0 spiro atoms. The number of carboxylic acids is 1. The van der Waals surface area contributed by atoms with Crippen LogP contribution in [-0.4, -0.2) is 27.4 Å². The lowest BCUT2D eigenvalue weighted by molar-refractivity contribution is -0.147. The number of benzene rings is 1. The van der Waals surface area contributed by atoms with Gasteiger partial charge in [0, 0.05) is 17.7 Å². The number of carbonyl (C=O) groups is 1. The molecule has 0 saturated heterocycles. The molecule has 2 aromatic rings. The first-order chi connectivity index (χ1) is 12.5. The Kier molecular flexibility index (Phi) is 5.77. The Morgan fingerprint density at radius 1 is 1.27 bits per heavy atom. The van der Waals surface area contributed by atoms with Crippen molar-refractivity contribution >= 4 is 5.97 Å². The predicted molar refractivity (Wildman–Crippen MR) is 103 cm³/mol. The SMILES string of the molecule is CC(C)(CCNCc1cnn(C2CCCC2)c1-c1ccccc1)C(=O)O. The Morgan fingerprint density at radius 2 is 1.96 bits per heavy atom. The second-order valence-electron chi connectivity index (χ2n) is 7.88. The standard InChI is InChI=1S/C21H29N3O2/c1-21(2,20(25)26)12-13-22-14-17-15-23-24(18-10-6-7-11-18)19(17)16-8-4-3-5-9-16/h3-5,8-9,15,18,22H,6-7,10-14H2,1-2H3,(H,25,26). The highest BCUT2D eigenvalue weighted by Crippen LogP contribution is 2.34. The summed E-state index contributed by atoms with van der Waals surface area (Å²) in [5.41, 5.74) is 2.86. The van der Waals surface area contributed by atoms with Crippen molar-refractivity contribution in [2.75, 3.05) is 6.54 Å². The second kappa shape index (κ2) is 8.04. The fourth-order valence-corrected chi connectivity index (χ4v) is 3.60. The fraction of sp³-hybridized carbons (Fsp3) is 0.524. The van der Waals surface area contributed by atoms with Crippen LogP contribution in [0.3, 0.4) is 0 Å². The first-order valence-electron chi connectivity index (χ1n) is 9.55. The number of nitrogens with one attached hydrogen (secondary N) is 1. The zero-order chi connectivity index (χ0) is 18.6. The third kappa shape index (κ3) is 4.15. The van der Waals surface area contributed by atoms with E-state index in [1.807, 2.05) is 12.3 Å². The van der Waals surface area contributed by atoms with Gasteiger partial charge in [-0.1, -0.05) is 43.2 Å². The molecular formula is C21H29N3O2. The van der Waals surface area contributed by atoms with E-state index in [4.69, 9.17) is 5.10 Å². The summed E-state index contributed by atoms with van der Waals surface area (Å²) in [5, 5.41) is 17.4. The van der Waals surface area contributed by atoms with Crippen molar-refractivity contribution in [2.24, 2.45) is 5.41 Å². The van der Waals surface area contributed by atoms with Crippen LogP contribution in [0, 0.1) is 5.41 Å². The molecule has 1 aliphatic carbocycles. The average molecular weight is 355 g/mol. The molecule has 1 aromatic heterocycles. The second-order valence-corrected chi connectivity index (χ2v) is 7.88. The Morgan fingerprint density at radius 3 is 2.62 bits per heavy atom. The lowest BCUT2D eigenvalue weighted by atomic mass is 9.90. The number of carboxylic acid groups (broad SMARTS) is 1. The fourth-order valence-electron chi connectivity index (χ4n) is 3.60. The van der Waals surface area contributed by atoms with Gasteiger partial charge in [0.2, 0.25) is 0 Å². The summed E-state index contributed by atoms with van der Waals surface area (Å²) >= 11 is 0. The molecule has 1 aliphatic rings. The van der Waals surface area contributed by atoms with E-state index in [1.54, 1.807) is 13.8 Å². The van der Waals surface area contributed by atoms with Crippen molar-refractivity contribution in [3.05, 3.63) is 42.1 Å². The van der Waals surface area contributed by atoms with Gasteiger partial charge in [-0.2, -0.15) is 5.10 Å². The zero-order valence-corrected chi connectivity index (χ0v) is 15.7. The average Bonchev–Trinajstić information content (AvgIpc) is 3.28. The lowest BCUT2D eigenvalue weighted by Crippen LogP contribution is -2.28. The number of hydrogen-bond acceptors (Lipinski definition) is 3. The third-order valence-electron chi connectivity index (χ3n) is 5.41. The lowest BCUT2D eigenvalue weighted by Gasteiger charge is -2.19. The maximum atomic E-state index is 11.2. The van der Waals surface area contributed by atoms with E-state index in [9.17, 15) is 9.90 Å². The van der Waals surface area contributed by atoms with Crippen molar-refractivity contribution in [1.29, 1.82) is 0 Å². The van der Waals surface area contributed by atoms with Gasteiger partial charge in [0.15, 0.2) is 0 Å². The minimum absolute atomic E-state index is 0.491.